The van der Waals surface area contributed by atoms with Gasteiger partial charge in [0.05, 0.1) is 30.7 Å². The van der Waals surface area contributed by atoms with Crippen molar-refractivity contribution < 1.29 is 18.5 Å². The van der Waals surface area contributed by atoms with Crippen LogP contribution in [0.1, 0.15) is 18.5 Å². The molecule has 0 bridgehead atoms. The van der Waals surface area contributed by atoms with Crippen LogP contribution in [-0.2, 0) is 14.1 Å². The van der Waals surface area contributed by atoms with Crippen molar-refractivity contribution in [3.63, 3.8) is 0 Å². The minimum Gasteiger partial charge on any atom is -0.472 e. The van der Waals surface area contributed by atoms with E-state index < -0.39 is 19.3 Å². The normalized spacial score (nSPS) is 17.1. The summed E-state index contributed by atoms with van der Waals surface area (Å²) in [5.41, 5.74) is 1.26. The van der Waals surface area contributed by atoms with Crippen LogP contribution in [0.15, 0.2) is 95.3 Å². The van der Waals surface area contributed by atoms with Crippen LogP contribution in [0.25, 0.3) is 0 Å². The molecule has 1 aliphatic rings. The molecule has 2 aromatic carbocycles. The molecular formula is C23H22NO4P. The predicted octanol–water partition coefficient (Wildman–Crippen LogP) is 4.05. The van der Waals surface area contributed by atoms with Gasteiger partial charge in [0.15, 0.2) is 0 Å². The zero-order valence-corrected chi connectivity index (χ0v) is 17.0. The first kappa shape index (κ1) is 19.4. The van der Waals surface area contributed by atoms with Crippen molar-refractivity contribution in [1.29, 1.82) is 0 Å². The van der Waals surface area contributed by atoms with E-state index in [2.05, 4.69) is 0 Å². The van der Waals surface area contributed by atoms with Gasteiger partial charge in [-0.1, -0.05) is 42.5 Å². The molecule has 29 heavy (non-hydrogen) atoms. The highest BCUT2D eigenvalue weighted by Crippen LogP contribution is 2.55. The molecule has 0 spiro atoms. The highest BCUT2D eigenvalue weighted by molar-refractivity contribution is 7.76. The summed E-state index contributed by atoms with van der Waals surface area (Å²) < 4.78 is 27.2. The molecule has 0 amide bonds. The molecule has 1 aromatic heterocycles. The highest BCUT2D eigenvalue weighted by Gasteiger charge is 2.45. The average Bonchev–Trinajstić information content (AvgIpc) is 3.44. The zero-order chi connectivity index (χ0) is 20.3. The van der Waals surface area contributed by atoms with E-state index in [0.29, 0.717) is 12.1 Å². The van der Waals surface area contributed by atoms with Crippen molar-refractivity contribution >= 4 is 23.9 Å². The third kappa shape index (κ3) is 3.48. The summed E-state index contributed by atoms with van der Waals surface area (Å²) in [6, 6.07) is 20.1. The first-order valence-corrected chi connectivity index (χ1v) is 11.2. The second-order valence-electron chi connectivity index (χ2n) is 6.71. The molecule has 6 heteroatoms. The molecule has 0 fully saturated rings. The molecule has 3 aromatic rings. The fourth-order valence-electron chi connectivity index (χ4n) is 3.74. The quantitative estimate of drug-likeness (QED) is 0.456. The van der Waals surface area contributed by atoms with Crippen molar-refractivity contribution in [2.45, 2.75) is 13.0 Å². The molecule has 2 heterocycles. The number of furan rings is 1. The minimum atomic E-state index is -3.23. The topological polar surface area (TPSA) is 59.8 Å². The van der Waals surface area contributed by atoms with E-state index in [1.54, 1.807) is 25.5 Å². The van der Waals surface area contributed by atoms with E-state index in [9.17, 15) is 9.36 Å². The second kappa shape index (κ2) is 8.24. The van der Waals surface area contributed by atoms with E-state index in [-0.39, 0.29) is 6.61 Å². The summed E-state index contributed by atoms with van der Waals surface area (Å²) in [6.07, 6.45) is 4.97. The van der Waals surface area contributed by atoms with Gasteiger partial charge in [-0.05, 0) is 37.3 Å². The molecule has 0 radical (unpaired) electrons. The average molecular weight is 407 g/mol. The van der Waals surface area contributed by atoms with Crippen LogP contribution in [0.4, 0.5) is 0 Å². The number of rotatable bonds is 6. The summed E-state index contributed by atoms with van der Waals surface area (Å²) in [4.78, 5) is 12.7. The fraction of sp³-hybridized carbons (Fsp3) is 0.174. The first-order valence-electron chi connectivity index (χ1n) is 9.54. The van der Waals surface area contributed by atoms with Crippen LogP contribution in [0.2, 0.25) is 0 Å². The molecule has 148 valence electrons. The Hall–Kier alpha value is -2.88. The Kier molecular flexibility index (Phi) is 5.52. The summed E-state index contributed by atoms with van der Waals surface area (Å²) in [7, 11) is -3.23. The SMILES string of the molecule is CCOC(=O)C1=CCN(P(=O)(c2ccccc2)c2ccccc2)C1c1ccoc1. The molecule has 1 atom stereocenters. The number of hydrogen-bond acceptors (Lipinski definition) is 4. The maximum Gasteiger partial charge on any atom is 0.335 e. The summed E-state index contributed by atoms with van der Waals surface area (Å²) in [5.74, 6) is -0.395. The van der Waals surface area contributed by atoms with Gasteiger partial charge in [-0.25, -0.2) is 9.46 Å². The maximum absolute atomic E-state index is 14.8. The number of carbonyl (C=O) groups is 1. The van der Waals surface area contributed by atoms with Crippen molar-refractivity contribution in [3.8, 4) is 0 Å². The van der Waals surface area contributed by atoms with Gasteiger partial charge in [0.2, 0.25) is 7.29 Å². The Bertz CT molecular complexity index is 1000. The number of ether oxygens (including phenoxy) is 1. The first-order chi connectivity index (χ1) is 14.2. The van der Waals surface area contributed by atoms with Gasteiger partial charge in [0, 0.05) is 22.7 Å². The van der Waals surface area contributed by atoms with Gasteiger partial charge in [0.25, 0.3) is 0 Å². The molecule has 0 N–H and O–H groups in total. The van der Waals surface area contributed by atoms with Crippen LogP contribution >= 0.6 is 7.29 Å². The summed E-state index contributed by atoms with van der Waals surface area (Å²) in [5, 5.41) is 1.44. The Morgan fingerprint density at radius 2 is 1.69 bits per heavy atom. The Morgan fingerprint density at radius 3 is 2.21 bits per heavy atom. The molecular weight excluding hydrogens is 385 g/mol. The number of esters is 1. The number of benzene rings is 2. The fourth-order valence-corrected chi connectivity index (χ4v) is 6.68. The Morgan fingerprint density at radius 1 is 1.07 bits per heavy atom. The third-order valence-corrected chi connectivity index (χ3v) is 8.15. The second-order valence-corrected chi connectivity index (χ2v) is 9.41. The van der Waals surface area contributed by atoms with Gasteiger partial charge >= 0.3 is 5.97 Å². The van der Waals surface area contributed by atoms with Gasteiger partial charge in [-0.15, -0.1) is 0 Å². The zero-order valence-electron chi connectivity index (χ0n) is 16.1. The lowest BCUT2D eigenvalue weighted by atomic mass is 10.0. The van der Waals surface area contributed by atoms with Crippen LogP contribution in [0, 0.1) is 0 Å². The van der Waals surface area contributed by atoms with E-state index in [1.165, 1.54) is 0 Å². The molecule has 1 aliphatic heterocycles. The molecule has 0 saturated heterocycles. The molecule has 1 unspecified atom stereocenters. The molecule has 4 rings (SSSR count). The van der Waals surface area contributed by atoms with Gasteiger partial charge in [0.1, 0.15) is 0 Å². The molecule has 0 aliphatic carbocycles. The highest BCUT2D eigenvalue weighted by atomic mass is 31.2. The minimum absolute atomic E-state index is 0.281. The van der Waals surface area contributed by atoms with Crippen LogP contribution in [0.5, 0.6) is 0 Å². The number of hydrogen-bond donors (Lipinski definition) is 0. The predicted molar refractivity (Wildman–Crippen MR) is 113 cm³/mol. The Balaban J connectivity index is 1.87. The maximum atomic E-state index is 14.8. The summed E-state index contributed by atoms with van der Waals surface area (Å²) >= 11 is 0. The van der Waals surface area contributed by atoms with Gasteiger partial charge in [-0.3, -0.25) is 4.57 Å². The monoisotopic (exact) mass is 407 g/mol. The van der Waals surface area contributed by atoms with Crippen molar-refractivity contribution in [3.05, 3.63) is 96.5 Å². The lowest BCUT2D eigenvalue weighted by Crippen LogP contribution is -2.34. The van der Waals surface area contributed by atoms with Gasteiger partial charge < -0.3 is 9.15 Å². The lowest BCUT2D eigenvalue weighted by Gasteiger charge is -2.34. The number of carbonyl (C=O) groups excluding carboxylic acids is 1. The van der Waals surface area contributed by atoms with E-state index in [4.69, 9.17) is 9.15 Å². The van der Waals surface area contributed by atoms with E-state index in [1.807, 2.05) is 71.4 Å². The van der Waals surface area contributed by atoms with Crippen LogP contribution in [0.3, 0.4) is 0 Å². The van der Waals surface area contributed by atoms with Crippen LogP contribution in [-0.4, -0.2) is 23.8 Å². The third-order valence-electron chi connectivity index (χ3n) is 5.04. The standard InChI is InChI=1S/C23H22NO4P/c1-2-28-23(25)21-13-15-24(22(21)18-14-16-27-17-18)29(26,19-9-5-3-6-10-19)20-11-7-4-8-12-20/h3-14,16-17,22H,2,15H2,1H3. The largest absolute Gasteiger partial charge is 0.472 e. The van der Waals surface area contributed by atoms with Crippen molar-refractivity contribution in [2.24, 2.45) is 0 Å². The smallest absolute Gasteiger partial charge is 0.335 e. The van der Waals surface area contributed by atoms with Gasteiger partial charge in [-0.2, -0.15) is 0 Å². The molecule has 0 saturated carbocycles. The summed E-state index contributed by atoms with van der Waals surface area (Å²) in [6.45, 7) is 2.42. The van der Waals surface area contributed by atoms with E-state index >= 15 is 0 Å². The van der Waals surface area contributed by atoms with Crippen LogP contribution < -0.4 is 10.6 Å². The molecule has 5 nitrogen and oxygen atoms in total. The lowest BCUT2D eigenvalue weighted by molar-refractivity contribution is -0.138. The van der Waals surface area contributed by atoms with E-state index in [0.717, 1.165) is 16.2 Å². The Labute approximate surface area is 170 Å². The van der Waals surface area contributed by atoms with Crippen molar-refractivity contribution in [1.82, 2.24) is 4.67 Å². The number of nitrogens with zero attached hydrogens (tertiary/aromatic N) is 1. The van der Waals surface area contributed by atoms with Crippen molar-refractivity contribution in [2.75, 3.05) is 13.2 Å².